The van der Waals surface area contributed by atoms with Crippen molar-refractivity contribution < 1.29 is 4.74 Å². The molecule has 0 fully saturated rings. The quantitative estimate of drug-likeness (QED) is 0.424. The van der Waals surface area contributed by atoms with E-state index in [1.54, 1.807) is 31.5 Å². The van der Waals surface area contributed by atoms with Crippen LogP contribution in [-0.2, 0) is 0 Å². The third-order valence-electron chi connectivity index (χ3n) is 2.08. The molecule has 0 aliphatic rings. The van der Waals surface area contributed by atoms with Gasteiger partial charge in [-0.05, 0) is 23.7 Å². The number of benzene rings is 1. The van der Waals surface area contributed by atoms with E-state index in [9.17, 15) is 0 Å². The van der Waals surface area contributed by atoms with E-state index in [0.717, 1.165) is 16.7 Å². The number of pyridine rings is 1. The second kappa shape index (κ2) is 3.86. The van der Waals surface area contributed by atoms with Gasteiger partial charge in [-0.3, -0.25) is 4.98 Å². The summed E-state index contributed by atoms with van der Waals surface area (Å²) < 4.78 is 5.08. The van der Waals surface area contributed by atoms with Gasteiger partial charge in [-0.25, -0.2) is 0 Å². The molecule has 0 aliphatic carbocycles. The molecule has 0 unspecified atom stereocenters. The molecule has 15 heavy (non-hydrogen) atoms. The van der Waals surface area contributed by atoms with E-state index in [4.69, 9.17) is 10.3 Å². The van der Waals surface area contributed by atoms with Crippen LogP contribution in [0.5, 0.6) is 5.75 Å². The van der Waals surface area contributed by atoms with Gasteiger partial charge in [0.05, 0.1) is 12.6 Å². The SMILES string of the molecule is COc1ccc2c(N=[N+]=[N-])ccnc2c1. The molecule has 2 rings (SSSR count). The van der Waals surface area contributed by atoms with Gasteiger partial charge in [-0.15, -0.1) is 0 Å². The van der Waals surface area contributed by atoms with E-state index >= 15 is 0 Å². The molecule has 0 amide bonds. The van der Waals surface area contributed by atoms with Crippen LogP contribution in [0.25, 0.3) is 21.3 Å². The summed E-state index contributed by atoms with van der Waals surface area (Å²) in [7, 11) is 1.60. The average molecular weight is 200 g/mol. The summed E-state index contributed by atoms with van der Waals surface area (Å²) in [5.74, 6) is 0.730. The van der Waals surface area contributed by atoms with Crippen LogP contribution in [0.1, 0.15) is 0 Å². The summed E-state index contributed by atoms with van der Waals surface area (Å²) in [5.41, 5.74) is 9.72. The number of aromatic nitrogens is 1. The monoisotopic (exact) mass is 200 g/mol. The van der Waals surface area contributed by atoms with E-state index in [1.807, 2.05) is 6.07 Å². The maximum Gasteiger partial charge on any atom is 0.121 e. The van der Waals surface area contributed by atoms with E-state index < -0.39 is 0 Å². The summed E-state index contributed by atoms with van der Waals surface area (Å²) in [6, 6.07) is 7.10. The zero-order valence-corrected chi connectivity index (χ0v) is 8.08. The Hall–Kier alpha value is -2.26. The molecule has 74 valence electrons. The van der Waals surface area contributed by atoms with E-state index in [1.165, 1.54) is 0 Å². The zero-order valence-electron chi connectivity index (χ0n) is 8.08. The van der Waals surface area contributed by atoms with E-state index in [0.29, 0.717) is 5.69 Å². The Labute approximate surface area is 85.9 Å². The second-order valence-electron chi connectivity index (χ2n) is 2.90. The molecule has 0 saturated heterocycles. The molecule has 0 bridgehead atoms. The fourth-order valence-corrected chi connectivity index (χ4v) is 1.38. The first-order valence-corrected chi connectivity index (χ1v) is 4.33. The van der Waals surface area contributed by atoms with Gasteiger partial charge in [0.15, 0.2) is 0 Å². The summed E-state index contributed by atoms with van der Waals surface area (Å²) in [6.45, 7) is 0. The fourth-order valence-electron chi connectivity index (χ4n) is 1.38. The lowest BCUT2D eigenvalue weighted by Crippen LogP contribution is -1.84. The number of azide groups is 1. The highest BCUT2D eigenvalue weighted by Crippen LogP contribution is 2.27. The van der Waals surface area contributed by atoms with Gasteiger partial charge in [0.1, 0.15) is 5.75 Å². The first-order chi connectivity index (χ1) is 7.35. The molecule has 5 heteroatoms. The Bertz CT molecular complexity index is 546. The van der Waals surface area contributed by atoms with Crippen molar-refractivity contribution in [3.8, 4) is 5.75 Å². The molecule has 0 N–H and O–H groups in total. The highest BCUT2D eigenvalue weighted by Gasteiger charge is 2.01. The predicted molar refractivity (Wildman–Crippen MR) is 57.1 cm³/mol. The number of ether oxygens (including phenoxy) is 1. The van der Waals surface area contributed by atoms with Crippen molar-refractivity contribution in [1.82, 2.24) is 4.98 Å². The molecule has 2 aromatic rings. The Balaban J connectivity index is 2.71. The van der Waals surface area contributed by atoms with Crippen molar-refractivity contribution >= 4 is 16.6 Å². The lowest BCUT2D eigenvalue weighted by Gasteiger charge is -2.03. The van der Waals surface area contributed by atoms with Crippen molar-refractivity contribution in [1.29, 1.82) is 0 Å². The molecule has 1 aromatic carbocycles. The highest BCUT2D eigenvalue weighted by molar-refractivity contribution is 5.90. The van der Waals surface area contributed by atoms with Crippen molar-refractivity contribution in [3.05, 3.63) is 40.9 Å². The molecule has 0 saturated carbocycles. The molecule has 1 heterocycles. The van der Waals surface area contributed by atoms with Gasteiger partial charge < -0.3 is 4.74 Å². The normalized spacial score (nSPS) is 9.67. The minimum atomic E-state index is 0.574. The maximum atomic E-state index is 8.39. The summed E-state index contributed by atoms with van der Waals surface area (Å²) in [4.78, 5) is 6.93. The molecule has 0 aliphatic heterocycles. The number of fused-ring (bicyclic) bond motifs is 1. The number of nitrogens with zero attached hydrogens (tertiary/aromatic N) is 4. The van der Waals surface area contributed by atoms with Gasteiger partial charge in [0, 0.05) is 28.2 Å². The summed E-state index contributed by atoms with van der Waals surface area (Å²) in [5, 5.41) is 4.41. The minimum Gasteiger partial charge on any atom is -0.497 e. The van der Waals surface area contributed by atoms with Gasteiger partial charge in [0.25, 0.3) is 0 Å². The Morgan fingerprint density at radius 3 is 3.00 bits per heavy atom. The first kappa shape index (κ1) is 9.30. The average Bonchev–Trinajstić information content (AvgIpc) is 2.29. The van der Waals surface area contributed by atoms with E-state index in [-0.39, 0.29) is 0 Å². The predicted octanol–water partition coefficient (Wildman–Crippen LogP) is 3.19. The standard InChI is InChI=1S/C10H8N4O/c1-15-7-2-3-8-9(13-14-11)4-5-12-10(8)6-7/h2-6H,1H3. The van der Waals surface area contributed by atoms with Crippen molar-refractivity contribution in [2.24, 2.45) is 5.11 Å². The lowest BCUT2D eigenvalue weighted by molar-refractivity contribution is 0.415. The van der Waals surface area contributed by atoms with Crippen LogP contribution in [0.3, 0.4) is 0 Å². The van der Waals surface area contributed by atoms with Crippen LogP contribution in [0.15, 0.2) is 35.6 Å². The molecule has 0 radical (unpaired) electrons. The largest absolute Gasteiger partial charge is 0.497 e. The highest BCUT2D eigenvalue weighted by atomic mass is 16.5. The van der Waals surface area contributed by atoms with Crippen molar-refractivity contribution in [2.75, 3.05) is 7.11 Å². The summed E-state index contributed by atoms with van der Waals surface area (Å²) in [6.07, 6.45) is 1.60. The Kier molecular flexibility index (Phi) is 2.39. The van der Waals surface area contributed by atoms with Gasteiger partial charge in [-0.1, -0.05) is 5.11 Å². The number of hydrogen-bond donors (Lipinski definition) is 0. The second-order valence-corrected chi connectivity index (χ2v) is 2.90. The zero-order chi connectivity index (χ0) is 10.7. The molecule has 0 spiro atoms. The molecule has 5 nitrogen and oxygen atoms in total. The fraction of sp³-hybridized carbons (Fsp3) is 0.100. The molecular weight excluding hydrogens is 192 g/mol. The third kappa shape index (κ3) is 1.68. The number of rotatable bonds is 2. The number of methoxy groups -OCH3 is 1. The molecule has 1 aromatic heterocycles. The van der Waals surface area contributed by atoms with Crippen LogP contribution < -0.4 is 4.74 Å². The van der Waals surface area contributed by atoms with Gasteiger partial charge in [-0.2, -0.15) is 0 Å². The maximum absolute atomic E-state index is 8.39. The van der Waals surface area contributed by atoms with Crippen LogP contribution in [0.2, 0.25) is 0 Å². The van der Waals surface area contributed by atoms with Crippen LogP contribution in [0.4, 0.5) is 5.69 Å². The Morgan fingerprint density at radius 1 is 1.40 bits per heavy atom. The third-order valence-corrected chi connectivity index (χ3v) is 2.08. The topological polar surface area (TPSA) is 70.9 Å². The van der Waals surface area contributed by atoms with E-state index in [2.05, 4.69) is 15.0 Å². The smallest absolute Gasteiger partial charge is 0.121 e. The molecular formula is C10H8N4O. The Morgan fingerprint density at radius 2 is 2.27 bits per heavy atom. The minimum absolute atomic E-state index is 0.574. The van der Waals surface area contributed by atoms with Gasteiger partial charge >= 0.3 is 0 Å². The summed E-state index contributed by atoms with van der Waals surface area (Å²) >= 11 is 0. The number of hydrogen-bond acceptors (Lipinski definition) is 3. The van der Waals surface area contributed by atoms with Gasteiger partial charge in [0.2, 0.25) is 0 Å². The van der Waals surface area contributed by atoms with Crippen LogP contribution in [-0.4, -0.2) is 12.1 Å². The van der Waals surface area contributed by atoms with Crippen LogP contribution in [0, 0.1) is 0 Å². The lowest BCUT2D eigenvalue weighted by atomic mass is 10.2. The molecule has 0 atom stereocenters. The van der Waals surface area contributed by atoms with Crippen molar-refractivity contribution in [3.63, 3.8) is 0 Å². The first-order valence-electron chi connectivity index (χ1n) is 4.33. The van der Waals surface area contributed by atoms with Crippen LogP contribution >= 0.6 is 0 Å². The van der Waals surface area contributed by atoms with Crippen molar-refractivity contribution in [2.45, 2.75) is 0 Å².